The van der Waals surface area contributed by atoms with Gasteiger partial charge in [-0.05, 0) is 43.7 Å². The second kappa shape index (κ2) is 9.77. The average molecular weight is 433 g/mol. The molecule has 0 saturated carbocycles. The third-order valence-corrected chi connectivity index (χ3v) is 5.38. The molecule has 0 radical (unpaired) electrons. The molecule has 2 aromatic rings. The Morgan fingerprint density at radius 3 is 2.43 bits per heavy atom. The summed E-state index contributed by atoms with van der Waals surface area (Å²) in [6, 6.07) is 8.69. The number of furan rings is 1. The van der Waals surface area contributed by atoms with E-state index in [4.69, 9.17) is 16.0 Å². The number of hydrogen-bond acceptors (Lipinski definition) is 5. The van der Waals surface area contributed by atoms with Gasteiger partial charge < -0.3 is 20.0 Å². The van der Waals surface area contributed by atoms with Crippen molar-refractivity contribution in [3.8, 4) is 0 Å². The van der Waals surface area contributed by atoms with Crippen LogP contribution in [0.1, 0.15) is 21.9 Å². The van der Waals surface area contributed by atoms with E-state index in [-0.39, 0.29) is 30.8 Å². The van der Waals surface area contributed by atoms with Crippen LogP contribution in [0.3, 0.4) is 0 Å². The van der Waals surface area contributed by atoms with Crippen LogP contribution in [0.5, 0.6) is 0 Å². The number of hydrogen-bond donors (Lipinski definition) is 2. The molecule has 8 nitrogen and oxygen atoms in total. The van der Waals surface area contributed by atoms with Gasteiger partial charge in [0.25, 0.3) is 5.91 Å². The molecule has 1 saturated heterocycles. The zero-order chi connectivity index (χ0) is 21.7. The highest BCUT2D eigenvalue weighted by molar-refractivity contribution is 6.31. The highest BCUT2D eigenvalue weighted by Gasteiger charge is 2.25. The van der Waals surface area contributed by atoms with Crippen molar-refractivity contribution in [1.82, 2.24) is 15.1 Å². The Morgan fingerprint density at radius 1 is 1.03 bits per heavy atom. The number of nitrogens with zero attached hydrogens (tertiary/aromatic N) is 2. The predicted molar refractivity (Wildman–Crippen MR) is 114 cm³/mol. The van der Waals surface area contributed by atoms with Crippen molar-refractivity contribution in [2.75, 3.05) is 44.6 Å². The molecule has 0 spiro atoms. The van der Waals surface area contributed by atoms with Crippen LogP contribution in [-0.4, -0.2) is 66.8 Å². The van der Waals surface area contributed by atoms with Gasteiger partial charge in [0.2, 0.25) is 11.8 Å². The molecule has 0 atom stereocenters. The largest absolute Gasteiger partial charge is 0.456 e. The van der Waals surface area contributed by atoms with Gasteiger partial charge in [-0.2, -0.15) is 0 Å². The summed E-state index contributed by atoms with van der Waals surface area (Å²) >= 11 is 6.04. The standard InChI is InChI=1S/C21H25ClN4O4/c1-14-6-7-18(30-14)21(29)26-10-8-25(9-11-26)13-20(28)23-12-19(27)24-17-5-3-4-16(22)15(17)2/h3-7H,8-13H2,1-2H3,(H,23,28)(H,24,27). The summed E-state index contributed by atoms with van der Waals surface area (Å²) in [4.78, 5) is 40.3. The van der Waals surface area contributed by atoms with Gasteiger partial charge in [0.15, 0.2) is 5.76 Å². The van der Waals surface area contributed by atoms with E-state index in [1.165, 1.54) is 0 Å². The quantitative estimate of drug-likeness (QED) is 0.728. The van der Waals surface area contributed by atoms with Gasteiger partial charge in [0, 0.05) is 36.9 Å². The lowest BCUT2D eigenvalue weighted by Crippen LogP contribution is -2.51. The van der Waals surface area contributed by atoms with Crippen LogP contribution in [-0.2, 0) is 9.59 Å². The molecule has 1 aliphatic rings. The molecule has 0 bridgehead atoms. The van der Waals surface area contributed by atoms with Gasteiger partial charge in [-0.25, -0.2) is 0 Å². The highest BCUT2D eigenvalue weighted by Crippen LogP contribution is 2.22. The number of anilines is 1. The topological polar surface area (TPSA) is 94.9 Å². The number of amides is 3. The lowest BCUT2D eigenvalue weighted by molar-refractivity contribution is -0.125. The summed E-state index contributed by atoms with van der Waals surface area (Å²) in [5.41, 5.74) is 1.39. The minimum absolute atomic E-state index is 0.124. The van der Waals surface area contributed by atoms with Gasteiger partial charge in [-0.3, -0.25) is 19.3 Å². The summed E-state index contributed by atoms with van der Waals surface area (Å²) in [7, 11) is 0. The average Bonchev–Trinajstić information content (AvgIpc) is 3.16. The predicted octanol–water partition coefficient (Wildman–Crippen LogP) is 2.06. The number of nitrogens with one attached hydrogen (secondary N) is 2. The summed E-state index contributed by atoms with van der Waals surface area (Å²) in [5, 5.41) is 5.93. The van der Waals surface area contributed by atoms with Crippen molar-refractivity contribution in [3.63, 3.8) is 0 Å². The molecule has 30 heavy (non-hydrogen) atoms. The number of carbonyl (C=O) groups is 3. The zero-order valence-electron chi connectivity index (χ0n) is 17.0. The minimum atomic E-state index is -0.321. The molecule has 1 aliphatic heterocycles. The number of benzene rings is 1. The van der Waals surface area contributed by atoms with E-state index < -0.39 is 0 Å². The van der Waals surface area contributed by atoms with Gasteiger partial charge >= 0.3 is 0 Å². The first-order valence-electron chi connectivity index (χ1n) is 9.73. The molecule has 160 valence electrons. The zero-order valence-corrected chi connectivity index (χ0v) is 17.8. The molecule has 1 aromatic heterocycles. The first kappa shape index (κ1) is 21.9. The fourth-order valence-corrected chi connectivity index (χ4v) is 3.36. The fourth-order valence-electron chi connectivity index (χ4n) is 3.19. The minimum Gasteiger partial charge on any atom is -0.456 e. The van der Waals surface area contributed by atoms with Crippen molar-refractivity contribution in [3.05, 3.63) is 52.4 Å². The molecule has 2 heterocycles. The van der Waals surface area contributed by atoms with Gasteiger partial charge in [0.05, 0.1) is 13.1 Å². The number of carbonyl (C=O) groups excluding carboxylic acids is 3. The summed E-state index contributed by atoms with van der Waals surface area (Å²) in [6.07, 6.45) is 0. The van der Waals surface area contributed by atoms with E-state index in [1.807, 2.05) is 11.8 Å². The van der Waals surface area contributed by atoms with Crippen molar-refractivity contribution in [2.45, 2.75) is 13.8 Å². The van der Waals surface area contributed by atoms with Gasteiger partial charge in [-0.15, -0.1) is 0 Å². The van der Waals surface area contributed by atoms with Crippen LogP contribution in [0.2, 0.25) is 5.02 Å². The molecular formula is C21H25ClN4O4. The van der Waals surface area contributed by atoms with Crippen molar-refractivity contribution >= 4 is 35.0 Å². The van der Waals surface area contributed by atoms with Crippen LogP contribution in [0.4, 0.5) is 5.69 Å². The van der Waals surface area contributed by atoms with E-state index in [0.29, 0.717) is 48.4 Å². The van der Waals surface area contributed by atoms with E-state index in [2.05, 4.69) is 10.6 Å². The van der Waals surface area contributed by atoms with Crippen LogP contribution in [0, 0.1) is 13.8 Å². The second-order valence-corrected chi connectivity index (χ2v) is 7.62. The molecule has 0 unspecified atom stereocenters. The molecule has 2 N–H and O–H groups in total. The third-order valence-electron chi connectivity index (χ3n) is 4.97. The Labute approximate surface area is 180 Å². The van der Waals surface area contributed by atoms with E-state index in [1.54, 1.807) is 42.2 Å². The lowest BCUT2D eigenvalue weighted by atomic mass is 10.2. The normalized spacial score (nSPS) is 14.4. The van der Waals surface area contributed by atoms with Crippen molar-refractivity contribution in [1.29, 1.82) is 0 Å². The number of piperazine rings is 1. The Balaban J connectivity index is 1.39. The Morgan fingerprint density at radius 2 is 1.77 bits per heavy atom. The van der Waals surface area contributed by atoms with Gasteiger partial charge in [-0.1, -0.05) is 17.7 Å². The maximum Gasteiger partial charge on any atom is 0.289 e. The summed E-state index contributed by atoms with van der Waals surface area (Å²) in [5.74, 6) is 0.329. The number of aryl methyl sites for hydroxylation is 1. The van der Waals surface area contributed by atoms with Crippen molar-refractivity contribution in [2.24, 2.45) is 0 Å². The van der Waals surface area contributed by atoms with E-state index >= 15 is 0 Å². The first-order chi connectivity index (χ1) is 14.3. The Kier molecular flexibility index (Phi) is 7.12. The highest BCUT2D eigenvalue weighted by atomic mass is 35.5. The molecule has 9 heteroatoms. The molecule has 1 aromatic carbocycles. The maximum atomic E-state index is 12.4. The van der Waals surface area contributed by atoms with E-state index in [9.17, 15) is 14.4 Å². The molecule has 3 rings (SSSR count). The van der Waals surface area contributed by atoms with Crippen LogP contribution in [0.25, 0.3) is 0 Å². The Hall–Kier alpha value is -2.84. The van der Waals surface area contributed by atoms with Crippen LogP contribution >= 0.6 is 11.6 Å². The molecule has 3 amide bonds. The Bertz CT molecular complexity index is 935. The number of halogens is 1. The second-order valence-electron chi connectivity index (χ2n) is 7.22. The third kappa shape index (κ3) is 5.61. The smallest absolute Gasteiger partial charge is 0.289 e. The number of rotatable bonds is 6. The van der Waals surface area contributed by atoms with E-state index in [0.717, 1.165) is 5.56 Å². The first-order valence-corrected chi connectivity index (χ1v) is 10.1. The van der Waals surface area contributed by atoms with Crippen LogP contribution in [0.15, 0.2) is 34.7 Å². The SMILES string of the molecule is Cc1ccc(C(=O)N2CCN(CC(=O)NCC(=O)Nc3cccc(Cl)c3C)CC2)o1. The molecular weight excluding hydrogens is 408 g/mol. The van der Waals surface area contributed by atoms with Crippen LogP contribution < -0.4 is 10.6 Å². The van der Waals surface area contributed by atoms with Crippen molar-refractivity contribution < 1.29 is 18.8 Å². The maximum absolute atomic E-state index is 12.4. The fraction of sp³-hybridized carbons (Fsp3) is 0.381. The van der Waals surface area contributed by atoms with Gasteiger partial charge in [0.1, 0.15) is 5.76 Å². The summed E-state index contributed by atoms with van der Waals surface area (Å²) < 4.78 is 5.39. The lowest BCUT2D eigenvalue weighted by Gasteiger charge is -2.33. The summed E-state index contributed by atoms with van der Waals surface area (Å²) in [6.45, 7) is 5.84. The monoisotopic (exact) mass is 432 g/mol. The molecule has 1 fully saturated rings. The molecule has 0 aliphatic carbocycles.